The number of aromatic nitrogens is 1. The van der Waals surface area contributed by atoms with Gasteiger partial charge < -0.3 is 19.9 Å². The molecule has 1 aliphatic carbocycles. The standard InChI is InChI=1S/C29H29N3O4S2/c1-2-36-29(35)26-21-12-8-14-23(21)38-28(26)31-25(33)18-37-24-17-32(22-13-7-6-11-20(22)24)16-15-30-27(34)19-9-4-3-5-10-19/h3-7,9-11,13,17H,2,8,12,14-16,18H2,1H3,(H,30,34)(H,31,33). The van der Waals surface area contributed by atoms with Crippen molar-refractivity contribution in [3.63, 3.8) is 0 Å². The predicted octanol–water partition coefficient (Wildman–Crippen LogP) is 5.53. The van der Waals surface area contributed by atoms with Crippen LogP contribution in [0.1, 0.15) is 44.5 Å². The maximum absolute atomic E-state index is 12.9. The maximum Gasteiger partial charge on any atom is 0.341 e. The first-order valence-corrected chi connectivity index (χ1v) is 14.5. The van der Waals surface area contributed by atoms with Crippen LogP contribution in [0.5, 0.6) is 0 Å². The minimum atomic E-state index is -0.364. The van der Waals surface area contributed by atoms with E-state index in [1.54, 1.807) is 19.1 Å². The summed E-state index contributed by atoms with van der Waals surface area (Å²) in [6, 6.07) is 17.2. The van der Waals surface area contributed by atoms with Gasteiger partial charge in [0, 0.05) is 45.5 Å². The Kier molecular flexibility index (Phi) is 8.14. The van der Waals surface area contributed by atoms with Gasteiger partial charge in [-0.1, -0.05) is 36.4 Å². The van der Waals surface area contributed by atoms with Crippen molar-refractivity contribution in [1.29, 1.82) is 0 Å². The lowest BCUT2D eigenvalue weighted by molar-refractivity contribution is -0.113. The normalized spacial score (nSPS) is 12.3. The van der Waals surface area contributed by atoms with Crippen LogP contribution in [-0.2, 0) is 28.9 Å². The molecule has 2 aromatic heterocycles. The molecule has 5 rings (SSSR count). The van der Waals surface area contributed by atoms with Gasteiger partial charge in [-0.15, -0.1) is 23.1 Å². The molecule has 2 N–H and O–H groups in total. The number of nitrogens with one attached hydrogen (secondary N) is 2. The first-order valence-electron chi connectivity index (χ1n) is 12.7. The van der Waals surface area contributed by atoms with Crippen molar-refractivity contribution in [2.75, 3.05) is 24.2 Å². The van der Waals surface area contributed by atoms with Gasteiger partial charge in [-0.05, 0) is 49.9 Å². The Morgan fingerprint density at radius 3 is 2.66 bits per heavy atom. The van der Waals surface area contributed by atoms with Crippen molar-refractivity contribution in [3.8, 4) is 0 Å². The molecule has 196 valence electrons. The van der Waals surface area contributed by atoms with E-state index in [-0.39, 0.29) is 23.5 Å². The molecule has 0 bridgehead atoms. The van der Waals surface area contributed by atoms with E-state index in [9.17, 15) is 14.4 Å². The number of hydrogen-bond donors (Lipinski definition) is 2. The van der Waals surface area contributed by atoms with E-state index in [0.717, 1.165) is 40.6 Å². The zero-order chi connectivity index (χ0) is 26.5. The van der Waals surface area contributed by atoms with Crippen LogP contribution >= 0.6 is 23.1 Å². The Hall–Kier alpha value is -3.56. The number of thioether (sulfide) groups is 1. The van der Waals surface area contributed by atoms with Gasteiger partial charge in [0.25, 0.3) is 5.91 Å². The minimum absolute atomic E-state index is 0.102. The number of ether oxygens (including phenoxy) is 1. The quantitative estimate of drug-likeness (QED) is 0.201. The van der Waals surface area contributed by atoms with Crippen LogP contribution in [-0.4, -0.2) is 41.3 Å². The molecule has 2 heterocycles. The van der Waals surface area contributed by atoms with Crippen LogP contribution in [0.3, 0.4) is 0 Å². The molecule has 0 fully saturated rings. The number of aryl methyl sites for hydroxylation is 1. The summed E-state index contributed by atoms with van der Waals surface area (Å²) < 4.78 is 7.37. The highest BCUT2D eigenvalue weighted by molar-refractivity contribution is 8.00. The first-order chi connectivity index (χ1) is 18.5. The fourth-order valence-corrected chi connectivity index (χ4v) is 6.89. The Balaban J connectivity index is 1.24. The van der Waals surface area contributed by atoms with Crippen molar-refractivity contribution in [2.24, 2.45) is 0 Å². The number of esters is 1. The number of nitrogens with zero attached hydrogens (tertiary/aromatic N) is 1. The first kappa shape index (κ1) is 26.1. The van der Waals surface area contributed by atoms with Crippen LogP contribution in [0.2, 0.25) is 0 Å². The summed E-state index contributed by atoms with van der Waals surface area (Å²) in [6.45, 7) is 3.17. The van der Waals surface area contributed by atoms with Gasteiger partial charge >= 0.3 is 5.97 Å². The third kappa shape index (κ3) is 5.63. The molecular formula is C29H29N3O4S2. The van der Waals surface area contributed by atoms with Gasteiger partial charge in [-0.3, -0.25) is 9.59 Å². The Labute approximate surface area is 229 Å². The van der Waals surface area contributed by atoms with E-state index >= 15 is 0 Å². The average molecular weight is 548 g/mol. The SMILES string of the molecule is CCOC(=O)c1c(NC(=O)CSc2cn(CCNC(=O)c3ccccc3)c3ccccc23)sc2c1CCC2. The molecule has 0 saturated heterocycles. The lowest BCUT2D eigenvalue weighted by Crippen LogP contribution is -2.26. The summed E-state index contributed by atoms with van der Waals surface area (Å²) in [5, 5.41) is 7.59. The molecule has 2 amide bonds. The Bertz CT molecular complexity index is 1480. The largest absolute Gasteiger partial charge is 0.462 e. The average Bonchev–Trinajstić information content (AvgIpc) is 3.61. The van der Waals surface area contributed by atoms with E-state index in [2.05, 4.69) is 15.2 Å². The number of carbonyl (C=O) groups is 3. The summed E-state index contributed by atoms with van der Waals surface area (Å²) in [5.41, 5.74) is 3.23. The molecule has 2 aromatic carbocycles. The van der Waals surface area contributed by atoms with E-state index < -0.39 is 0 Å². The van der Waals surface area contributed by atoms with Crippen LogP contribution in [0.4, 0.5) is 5.00 Å². The van der Waals surface area contributed by atoms with Crippen LogP contribution in [0, 0.1) is 0 Å². The molecule has 9 heteroatoms. The second kappa shape index (κ2) is 11.9. The molecular weight excluding hydrogens is 518 g/mol. The lowest BCUT2D eigenvalue weighted by atomic mass is 10.1. The molecule has 0 spiro atoms. The van der Waals surface area contributed by atoms with Crippen molar-refractivity contribution in [3.05, 3.63) is 82.4 Å². The summed E-state index contributed by atoms with van der Waals surface area (Å²) in [6.07, 6.45) is 4.83. The lowest BCUT2D eigenvalue weighted by Gasteiger charge is -2.08. The number of carbonyl (C=O) groups excluding carboxylic acids is 3. The molecule has 0 unspecified atom stereocenters. The summed E-state index contributed by atoms with van der Waals surface area (Å²) >= 11 is 2.95. The molecule has 0 radical (unpaired) electrons. The third-order valence-electron chi connectivity index (χ3n) is 6.44. The zero-order valence-electron chi connectivity index (χ0n) is 21.1. The van der Waals surface area contributed by atoms with Crippen LogP contribution in [0.15, 0.2) is 65.7 Å². The molecule has 0 saturated carbocycles. The molecule has 0 aliphatic heterocycles. The molecule has 38 heavy (non-hydrogen) atoms. The van der Waals surface area contributed by atoms with Crippen molar-refractivity contribution < 1.29 is 19.1 Å². The van der Waals surface area contributed by atoms with E-state index in [1.165, 1.54) is 28.0 Å². The minimum Gasteiger partial charge on any atom is -0.462 e. The summed E-state index contributed by atoms with van der Waals surface area (Å²) in [7, 11) is 0. The maximum atomic E-state index is 12.9. The number of anilines is 1. The number of fused-ring (bicyclic) bond motifs is 2. The second-order valence-electron chi connectivity index (χ2n) is 8.94. The van der Waals surface area contributed by atoms with Gasteiger partial charge in [0.2, 0.25) is 5.91 Å². The summed E-state index contributed by atoms with van der Waals surface area (Å²) in [5.74, 6) is -0.413. The van der Waals surface area contributed by atoms with Crippen molar-refractivity contribution in [1.82, 2.24) is 9.88 Å². The van der Waals surface area contributed by atoms with E-state index in [1.807, 2.05) is 48.7 Å². The Morgan fingerprint density at radius 2 is 1.84 bits per heavy atom. The van der Waals surface area contributed by atoms with Gasteiger partial charge in [0.05, 0.1) is 17.9 Å². The van der Waals surface area contributed by atoms with Gasteiger partial charge in [-0.2, -0.15) is 0 Å². The van der Waals surface area contributed by atoms with E-state index in [4.69, 9.17) is 4.74 Å². The topological polar surface area (TPSA) is 89.4 Å². The van der Waals surface area contributed by atoms with Crippen molar-refractivity contribution in [2.45, 2.75) is 37.6 Å². The smallest absolute Gasteiger partial charge is 0.341 e. The fraction of sp³-hybridized carbons (Fsp3) is 0.276. The number of thiophene rings is 1. The molecule has 4 aromatic rings. The highest BCUT2D eigenvalue weighted by atomic mass is 32.2. The number of hydrogen-bond acceptors (Lipinski definition) is 6. The monoisotopic (exact) mass is 547 g/mol. The number of para-hydroxylation sites is 1. The third-order valence-corrected chi connectivity index (χ3v) is 8.69. The summed E-state index contributed by atoms with van der Waals surface area (Å²) in [4.78, 5) is 40.1. The fourth-order valence-electron chi connectivity index (χ4n) is 4.71. The van der Waals surface area contributed by atoms with Gasteiger partial charge in [0.1, 0.15) is 5.00 Å². The van der Waals surface area contributed by atoms with Gasteiger partial charge in [-0.25, -0.2) is 4.79 Å². The highest BCUT2D eigenvalue weighted by Gasteiger charge is 2.28. The second-order valence-corrected chi connectivity index (χ2v) is 11.1. The van der Waals surface area contributed by atoms with Crippen molar-refractivity contribution >= 4 is 56.8 Å². The van der Waals surface area contributed by atoms with Crippen LogP contribution in [0.25, 0.3) is 10.9 Å². The van der Waals surface area contributed by atoms with Gasteiger partial charge in [0.15, 0.2) is 0 Å². The van der Waals surface area contributed by atoms with Crippen LogP contribution < -0.4 is 10.6 Å². The number of amides is 2. The highest BCUT2D eigenvalue weighted by Crippen LogP contribution is 2.40. The number of rotatable bonds is 10. The molecule has 0 atom stereocenters. The van der Waals surface area contributed by atoms with E-state index in [0.29, 0.717) is 35.8 Å². The molecule has 7 nitrogen and oxygen atoms in total. The predicted molar refractivity (Wildman–Crippen MR) is 152 cm³/mol. The number of benzene rings is 2. The molecule has 1 aliphatic rings. The Morgan fingerprint density at radius 1 is 1.05 bits per heavy atom. The zero-order valence-corrected chi connectivity index (χ0v) is 22.8.